The maximum Gasteiger partial charge on any atom is 0.338 e. The van der Waals surface area contributed by atoms with Crippen molar-refractivity contribution in [2.24, 2.45) is 0 Å². The number of nitrogens with zero attached hydrogens (tertiary/aromatic N) is 3. The number of aromatic nitrogens is 3. The van der Waals surface area contributed by atoms with Crippen LogP contribution in [0, 0.1) is 0 Å². The van der Waals surface area contributed by atoms with Crippen LogP contribution in [0.15, 0.2) is 47.4 Å². The van der Waals surface area contributed by atoms with Crippen molar-refractivity contribution in [3.8, 4) is 0 Å². The first-order valence-electron chi connectivity index (χ1n) is 8.83. The van der Waals surface area contributed by atoms with E-state index in [-0.39, 0.29) is 12.2 Å². The molecule has 0 atom stereocenters. The Bertz CT molecular complexity index is 1010. The molecule has 0 saturated carbocycles. The molecule has 0 saturated heterocycles. The number of hydrogen-bond donors (Lipinski definition) is 0. The zero-order valence-corrected chi connectivity index (χ0v) is 14.4. The summed E-state index contributed by atoms with van der Waals surface area (Å²) in [5, 5.41) is 0.539. The average molecular weight is 349 g/mol. The standard InChI is InChI=1S/C20H19N3O3/c24-19-16-9-8-14(20(25)26-13-15-6-3-4-10-21-15)12-17(16)22-18-7-2-1-5-11-23(18)19/h3-4,6,8-10,12H,1-2,5,7,11,13H2. The summed E-state index contributed by atoms with van der Waals surface area (Å²) < 4.78 is 7.09. The minimum atomic E-state index is -0.450. The van der Waals surface area contributed by atoms with E-state index in [1.165, 1.54) is 0 Å². The second-order valence-corrected chi connectivity index (χ2v) is 6.42. The van der Waals surface area contributed by atoms with Crippen LogP contribution in [0.4, 0.5) is 0 Å². The molecule has 3 heterocycles. The normalized spacial score (nSPS) is 13.8. The van der Waals surface area contributed by atoms with Crippen molar-refractivity contribution in [1.29, 1.82) is 0 Å². The summed E-state index contributed by atoms with van der Waals surface area (Å²) in [6, 6.07) is 10.4. The number of esters is 1. The molecule has 0 amide bonds. The van der Waals surface area contributed by atoms with E-state index in [0.717, 1.165) is 31.5 Å². The highest BCUT2D eigenvalue weighted by atomic mass is 16.5. The fourth-order valence-corrected chi connectivity index (χ4v) is 3.25. The molecule has 0 radical (unpaired) electrons. The van der Waals surface area contributed by atoms with Gasteiger partial charge in [0.05, 0.1) is 22.2 Å². The first-order chi connectivity index (χ1) is 12.7. The zero-order chi connectivity index (χ0) is 17.9. The number of aryl methyl sites for hydroxylation is 1. The molecule has 2 aromatic heterocycles. The van der Waals surface area contributed by atoms with Crippen LogP contribution in [0.2, 0.25) is 0 Å². The van der Waals surface area contributed by atoms with Gasteiger partial charge in [0.25, 0.3) is 5.56 Å². The predicted octanol–water partition coefficient (Wildman–Crippen LogP) is 2.87. The van der Waals surface area contributed by atoms with E-state index in [1.54, 1.807) is 35.0 Å². The highest BCUT2D eigenvalue weighted by Crippen LogP contribution is 2.17. The molecule has 1 aromatic carbocycles. The number of pyridine rings is 1. The number of hydrogen-bond acceptors (Lipinski definition) is 5. The smallest absolute Gasteiger partial charge is 0.338 e. The van der Waals surface area contributed by atoms with Crippen molar-refractivity contribution in [3.05, 3.63) is 70.0 Å². The third-order valence-electron chi connectivity index (χ3n) is 4.63. The maximum absolute atomic E-state index is 12.7. The summed E-state index contributed by atoms with van der Waals surface area (Å²) in [5.41, 5.74) is 1.60. The van der Waals surface area contributed by atoms with Gasteiger partial charge in [-0.2, -0.15) is 0 Å². The lowest BCUT2D eigenvalue weighted by atomic mass is 10.1. The van der Waals surface area contributed by atoms with E-state index in [1.807, 2.05) is 12.1 Å². The van der Waals surface area contributed by atoms with Gasteiger partial charge in [-0.15, -0.1) is 0 Å². The van der Waals surface area contributed by atoms with Crippen molar-refractivity contribution in [1.82, 2.24) is 14.5 Å². The molecule has 0 unspecified atom stereocenters. The molecule has 0 bridgehead atoms. The zero-order valence-electron chi connectivity index (χ0n) is 14.4. The Morgan fingerprint density at radius 3 is 2.92 bits per heavy atom. The Morgan fingerprint density at radius 2 is 2.08 bits per heavy atom. The van der Waals surface area contributed by atoms with Crippen LogP contribution in [0.1, 0.15) is 41.1 Å². The van der Waals surface area contributed by atoms with E-state index in [0.29, 0.717) is 28.7 Å². The van der Waals surface area contributed by atoms with Crippen LogP contribution in [0.25, 0.3) is 10.9 Å². The molecule has 0 N–H and O–H groups in total. The second-order valence-electron chi connectivity index (χ2n) is 6.42. The van der Waals surface area contributed by atoms with E-state index in [2.05, 4.69) is 9.97 Å². The topological polar surface area (TPSA) is 74.1 Å². The van der Waals surface area contributed by atoms with Gasteiger partial charge in [-0.3, -0.25) is 14.3 Å². The quantitative estimate of drug-likeness (QED) is 0.680. The van der Waals surface area contributed by atoms with E-state index < -0.39 is 5.97 Å². The van der Waals surface area contributed by atoms with Crippen molar-refractivity contribution >= 4 is 16.9 Å². The van der Waals surface area contributed by atoms with Gasteiger partial charge >= 0.3 is 5.97 Å². The molecule has 4 rings (SSSR count). The van der Waals surface area contributed by atoms with Gasteiger partial charge < -0.3 is 4.74 Å². The number of ether oxygens (including phenoxy) is 1. The van der Waals surface area contributed by atoms with E-state index in [4.69, 9.17) is 4.74 Å². The van der Waals surface area contributed by atoms with Crippen LogP contribution in [0.5, 0.6) is 0 Å². The average Bonchev–Trinajstić information content (AvgIpc) is 2.92. The van der Waals surface area contributed by atoms with Crippen molar-refractivity contribution in [2.45, 2.75) is 38.8 Å². The Balaban J connectivity index is 1.62. The van der Waals surface area contributed by atoms with Gasteiger partial charge in [0, 0.05) is 19.2 Å². The second kappa shape index (κ2) is 7.07. The third-order valence-corrected chi connectivity index (χ3v) is 4.63. The molecule has 1 aliphatic rings. The van der Waals surface area contributed by atoms with Crippen LogP contribution >= 0.6 is 0 Å². The van der Waals surface area contributed by atoms with Crippen LogP contribution in [-0.4, -0.2) is 20.5 Å². The highest BCUT2D eigenvalue weighted by Gasteiger charge is 2.16. The van der Waals surface area contributed by atoms with E-state index >= 15 is 0 Å². The number of rotatable bonds is 3. The molecular formula is C20H19N3O3. The lowest BCUT2D eigenvalue weighted by molar-refractivity contribution is 0.0468. The summed E-state index contributed by atoms with van der Waals surface area (Å²) in [5.74, 6) is 0.355. The fourth-order valence-electron chi connectivity index (χ4n) is 3.25. The Hall–Kier alpha value is -3.02. The van der Waals surface area contributed by atoms with Crippen molar-refractivity contribution in [3.63, 3.8) is 0 Å². The molecule has 0 fully saturated rings. The Labute approximate surface area is 150 Å². The molecule has 3 aromatic rings. The van der Waals surface area contributed by atoms with Gasteiger partial charge in [-0.05, 0) is 43.2 Å². The van der Waals surface area contributed by atoms with Gasteiger partial charge in [-0.1, -0.05) is 12.5 Å². The number of fused-ring (bicyclic) bond motifs is 2. The van der Waals surface area contributed by atoms with Gasteiger partial charge in [0.2, 0.25) is 0 Å². The Morgan fingerprint density at radius 1 is 1.15 bits per heavy atom. The largest absolute Gasteiger partial charge is 0.456 e. The summed E-state index contributed by atoms with van der Waals surface area (Å²) in [4.78, 5) is 33.8. The molecule has 26 heavy (non-hydrogen) atoms. The monoisotopic (exact) mass is 349 g/mol. The third kappa shape index (κ3) is 3.22. The van der Waals surface area contributed by atoms with Crippen LogP contribution in [0.3, 0.4) is 0 Å². The molecule has 0 aliphatic carbocycles. The van der Waals surface area contributed by atoms with Crippen LogP contribution in [-0.2, 0) is 24.3 Å². The number of benzene rings is 1. The Kier molecular flexibility index (Phi) is 4.48. The number of carbonyl (C=O) groups excluding carboxylic acids is 1. The molecular weight excluding hydrogens is 330 g/mol. The van der Waals surface area contributed by atoms with Gasteiger partial charge in [0.15, 0.2) is 0 Å². The molecule has 6 nitrogen and oxygen atoms in total. The summed E-state index contributed by atoms with van der Waals surface area (Å²) in [6.07, 6.45) is 5.58. The van der Waals surface area contributed by atoms with E-state index in [9.17, 15) is 9.59 Å². The SMILES string of the molecule is O=C(OCc1ccccn1)c1ccc2c(=O)n3c(nc2c1)CCCCC3. The highest BCUT2D eigenvalue weighted by molar-refractivity contribution is 5.94. The molecule has 6 heteroatoms. The van der Waals surface area contributed by atoms with Crippen molar-refractivity contribution in [2.75, 3.05) is 0 Å². The first-order valence-corrected chi connectivity index (χ1v) is 8.83. The number of carbonyl (C=O) groups is 1. The predicted molar refractivity (Wildman–Crippen MR) is 96.9 cm³/mol. The minimum absolute atomic E-state index is 0.0275. The lowest BCUT2D eigenvalue weighted by Gasteiger charge is -2.11. The first kappa shape index (κ1) is 16.4. The summed E-state index contributed by atoms with van der Waals surface area (Å²) in [6.45, 7) is 0.822. The lowest BCUT2D eigenvalue weighted by Crippen LogP contribution is -2.24. The maximum atomic E-state index is 12.7. The summed E-state index contributed by atoms with van der Waals surface area (Å²) >= 11 is 0. The summed E-state index contributed by atoms with van der Waals surface area (Å²) in [7, 11) is 0. The van der Waals surface area contributed by atoms with Crippen LogP contribution < -0.4 is 5.56 Å². The minimum Gasteiger partial charge on any atom is -0.456 e. The van der Waals surface area contributed by atoms with Gasteiger partial charge in [0.1, 0.15) is 12.4 Å². The molecule has 1 aliphatic heterocycles. The molecule has 0 spiro atoms. The van der Waals surface area contributed by atoms with Gasteiger partial charge in [-0.25, -0.2) is 9.78 Å². The van der Waals surface area contributed by atoms with Crippen molar-refractivity contribution < 1.29 is 9.53 Å². The fraction of sp³-hybridized carbons (Fsp3) is 0.300. The molecule has 132 valence electrons.